The first-order valence-electron chi connectivity index (χ1n) is 8.12. The van der Waals surface area contributed by atoms with Crippen molar-refractivity contribution in [3.05, 3.63) is 40.1 Å². The molecule has 0 unspecified atom stereocenters. The van der Waals surface area contributed by atoms with Gasteiger partial charge in [0.25, 0.3) is 5.91 Å². The molecule has 0 spiro atoms. The standard InChI is InChI=1S/C18H20N2O4S/c1-3-20(18(22)16-7-4-12(2)25-16)11-17(21)19-13-5-6-14-15(10-13)24-9-8-23-14/h4-7,10H,3,8-9,11H2,1-2H3,(H,19,21). The van der Waals surface area contributed by atoms with Gasteiger partial charge in [-0.25, -0.2) is 0 Å². The molecule has 7 heteroatoms. The van der Waals surface area contributed by atoms with Crippen molar-refractivity contribution in [2.45, 2.75) is 13.8 Å². The minimum absolute atomic E-state index is 0.000717. The van der Waals surface area contributed by atoms with Crippen LogP contribution in [-0.2, 0) is 4.79 Å². The number of hydrogen-bond acceptors (Lipinski definition) is 5. The largest absolute Gasteiger partial charge is 0.486 e. The molecule has 25 heavy (non-hydrogen) atoms. The minimum atomic E-state index is -0.250. The third kappa shape index (κ3) is 4.11. The van der Waals surface area contributed by atoms with Crippen molar-refractivity contribution in [1.29, 1.82) is 0 Å². The summed E-state index contributed by atoms with van der Waals surface area (Å²) < 4.78 is 11.0. The van der Waals surface area contributed by atoms with Gasteiger partial charge >= 0.3 is 0 Å². The average Bonchev–Trinajstić information content (AvgIpc) is 3.05. The molecule has 1 aliphatic heterocycles. The van der Waals surface area contributed by atoms with Crippen molar-refractivity contribution in [2.24, 2.45) is 0 Å². The van der Waals surface area contributed by atoms with Crippen LogP contribution in [0.1, 0.15) is 21.5 Å². The zero-order valence-electron chi connectivity index (χ0n) is 14.2. The lowest BCUT2D eigenvalue weighted by Crippen LogP contribution is -2.37. The van der Waals surface area contributed by atoms with Gasteiger partial charge in [0.15, 0.2) is 11.5 Å². The number of benzene rings is 1. The number of amides is 2. The van der Waals surface area contributed by atoms with Crippen LogP contribution in [0.3, 0.4) is 0 Å². The molecule has 2 heterocycles. The normalized spacial score (nSPS) is 12.6. The van der Waals surface area contributed by atoms with E-state index in [9.17, 15) is 9.59 Å². The summed E-state index contributed by atoms with van der Waals surface area (Å²) in [5.41, 5.74) is 0.615. The number of aryl methyl sites for hydroxylation is 1. The molecular weight excluding hydrogens is 340 g/mol. The molecule has 132 valence electrons. The van der Waals surface area contributed by atoms with Gasteiger partial charge in [-0.1, -0.05) is 0 Å². The number of ether oxygens (including phenoxy) is 2. The van der Waals surface area contributed by atoms with Gasteiger partial charge in [-0.15, -0.1) is 11.3 Å². The second-order valence-corrected chi connectivity index (χ2v) is 6.92. The molecule has 1 N–H and O–H groups in total. The summed E-state index contributed by atoms with van der Waals surface area (Å²) >= 11 is 1.43. The summed E-state index contributed by atoms with van der Waals surface area (Å²) in [6.45, 7) is 5.28. The molecule has 1 aromatic heterocycles. The van der Waals surface area contributed by atoms with Crippen molar-refractivity contribution in [3.8, 4) is 11.5 Å². The monoisotopic (exact) mass is 360 g/mol. The number of hydrogen-bond donors (Lipinski definition) is 1. The molecule has 6 nitrogen and oxygen atoms in total. The average molecular weight is 360 g/mol. The van der Waals surface area contributed by atoms with Gasteiger partial charge in [-0.3, -0.25) is 9.59 Å². The summed E-state index contributed by atoms with van der Waals surface area (Å²) in [5.74, 6) is 0.905. The fourth-order valence-electron chi connectivity index (χ4n) is 2.53. The van der Waals surface area contributed by atoms with Crippen molar-refractivity contribution < 1.29 is 19.1 Å². The highest BCUT2D eigenvalue weighted by Gasteiger charge is 2.19. The first-order chi connectivity index (χ1) is 12.1. The highest BCUT2D eigenvalue weighted by molar-refractivity contribution is 7.13. The summed E-state index contributed by atoms with van der Waals surface area (Å²) in [7, 11) is 0. The Morgan fingerprint density at radius 1 is 1.16 bits per heavy atom. The van der Waals surface area contributed by atoms with E-state index in [0.29, 0.717) is 41.8 Å². The molecule has 0 bridgehead atoms. The summed E-state index contributed by atoms with van der Waals surface area (Å²) in [4.78, 5) is 28.0. The fraction of sp³-hybridized carbons (Fsp3) is 0.333. The second-order valence-electron chi connectivity index (χ2n) is 5.64. The topological polar surface area (TPSA) is 67.9 Å². The number of rotatable bonds is 5. The lowest BCUT2D eigenvalue weighted by Gasteiger charge is -2.21. The van der Waals surface area contributed by atoms with Gasteiger partial charge in [-0.2, -0.15) is 0 Å². The molecule has 2 amide bonds. The maximum Gasteiger partial charge on any atom is 0.264 e. The summed E-state index contributed by atoms with van der Waals surface area (Å²) in [6.07, 6.45) is 0. The zero-order valence-corrected chi connectivity index (χ0v) is 15.0. The highest BCUT2D eigenvalue weighted by Crippen LogP contribution is 2.32. The second kappa shape index (κ2) is 7.57. The van der Waals surface area contributed by atoms with E-state index in [1.54, 1.807) is 24.3 Å². The molecule has 1 aromatic carbocycles. The number of carbonyl (C=O) groups excluding carboxylic acids is 2. The van der Waals surface area contributed by atoms with Crippen LogP contribution >= 0.6 is 11.3 Å². The predicted octanol–water partition coefficient (Wildman–Crippen LogP) is 2.93. The van der Waals surface area contributed by atoms with Crippen LogP contribution in [0.5, 0.6) is 11.5 Å². The van der Waals surface area contributed by atoms with Gasteiger partial charge in [0.1, 0.15) is 19.8 Å². The molecule has 0 saturated carbocycles. The Kier molecular flexibility index (Phi) is 5.23. The summed E-state index contributed by atoms with van der Waals surface area (Å²) in [6, 6.07) is 8.95. The molecule has 1 aliphatic rings. The molecule has 0 fully saturated rings. The number of likely N-dealkylation sites (N-methyl/N-ethyl adjacent to an activating group) is 1. The Balaban J connectivity index is 1.63. The van der Waals surface area contributed by atoms with E-state index in [4.69, 9.17) is 9.47 Å². The van der Waals surface area contributed by atoms with Crippen LogP contribution < -0.4 is 14.8 Å². The van der Waals surface area contributed by atoms with E-state index in [2.05, 4.69) is 5.32 Å². The van der Waals surface area contributed by atoms with E-state index in [1.807, 2.05) is 19.9 Å². The lowest BCUT2D eigenvalue weighted by molar-refractivity contribution is -0.116. The molecule has 2 aromatic rings. The number of fused-ring (bicyclic) bond motifs is 1. The fourth-order valence-corrected chi connectivity index (χ4v) is 3.36. The Morgan fingerprint density at radius 2 is 1.92 bits per heavy atom. The SMILES string of the molecule is CCN(CC(=O)Nc1ccc2c(c1)OCCO2)C(=O)c1ccc(C)s1. The third-order valence-corrected chi connectivity index (χ3v) is 4.77. The van der Waals surface area contributed by atoms with E-state index < -0.39 is 0 Å². The van der Waals surface area contributed by atoms with Crippen molar-refractivity contribution in [2.75, 3.05) is 31.6 Å². The van der Waals surface area contributed by atoms with Crippen molar-refractivity contribution in [3.63, 3.8) is 0 Å². The molecular formula is C18H20N2O4S. The van der Waals surface area contributed by atoms with Crippen LogP contribution in [-0.4, -0.2) is 43.0 Å². The first-order valence-corrected chi connectivity index (χ1v) is 8.93. The minimum Gasteiger partial charge on any atom is -0.486 e. The van der Waals surface area contributed by atoms with Crippen molar-refractivity contribution in [1.82, 2.24) is 4.90 Å². The third-order valence-electron chi connectivity index (χ3n) is 3.78. The maximum absolute atomic E-state index is 12.5. The smallest absolute Gasteiger partial charge is 0.264 e. The molecule has 0 aliphatic carbocycles. The van der Waals surface area contributed by atoms with Gasteiger partial charge in [0.05, 0.1) is 4.88 Å². The maximum atomic E-state index is 12.5. The van der Waals surface area contributed by atoms with E-state index in [0.717, 1.165) is 4.88 Å². The van der Waals surface area contributed by atoms with Crippen LogP contribution in [0.4, 0.5) is 5.69 Å². The number of nitrogens with zero attached hydrogens (tertiary/aromatic N) is 1. The van der Waals surface area contributed by atoms with Gasteiger partial charge < -0.3 is 19.7 Å². The molecule has 3 rings (SSSR count). The predicted molar refractivity (Wildman–Crippen MR) is 96.7 cm³/mol. The summed E-state index contributed by atoms with van der Waals surface area (Å²) in [5, 5.41) is 2.80. The highest BCUT2D eigenvalue weighted by atomic mass is 32.1. The number of anilines is 1. The number of thiophene rings is 1. The van der Waals surface area contributed by atoms with Crippen LogP contribution in [0, 0.1) is 6.92 Å². The lowest BCUT2D eigenvalue weighted by atomic mass is 10.2. The first kappa shape index (κ1) is 17.3. The quantitative estimate of drug-likeness (QED) is 0.890. The Hall–Kier alpha value is -2.54. The van der Waals surface area contributed by atoms with Crippen molar-refractivity contribution >= 4 is 28.8 Å². The van der Waals surface area contributed by atoms with E-state index >= 15 is 0 Å². The van der Waals surface area contributed by atoms with Gasteiger partial charge in [0.2, 0.25) is 5.91 Å². The van der Waals surface area contributed by atoms with Crippen LogP contribution in [0.15, 0.2) is 30.3 Å². The van der Waals surface area contributed by atoms with Crippen LogP contribution in [0.2, 0.25) is 0 Å². The molecule has 0 saturated heterocycles. The van der Waals surface area contributed by atoms with Crippen LogP contribution in [0.25, 0.3) is 0 Å². The number of nitrogens with one attached hydrogen (secondary N) is 1. The van der Waals surface area contributed by atoms with E-state index in [1.165, 1.54) is 16.2 Å². The Labute approximate surface area is 150 Å². The Bertz CT molecular complexity index is 787. The van der Waals surface area contributed by atoms with Gasteiger partial charge in [-0.05, 0) is 38.1 Å². The van der Waals surface area contributed by atoms with Gasteiger partial charge in [0, 0.05) is 23.2 Å². The Morgan fingerprint density at radius 3 is 2.60 bits per heavy atom. The van der Waals surface area contributed by atoms with E-state index in [-0.39, 0.29) is 18.4 Å². The zero-order chi connectivity index (χ0) is 17.8. The number of carbonyl (C=O) groups is 2. The molecule has 0 radical (unpaired) electrons. The molecule has 0 atom stereocenters.